The number of aliphatic hydroxyl groups is 1. The molecule has 1 aromatic heterocycles. The highest BCUT2D eigenvalue weighted by molar-refractivity contribution is 6.04. The molecule has 10 heteroatoms. The Morgan fingerprint density at radius 2 is 1.48 bits per heavy atom. The molecule has 0 aliphatic carbocycles. The number of carbonyl (C=O) groups excluding carboxylic acids is 3. The van der Waals surface area contributed by atoms with Gasteiger partial charge in [-0.25, -0.2) is 9.59 Å². The Morgan fingerprint density at radius 3 is 2.08 bits per heavy atom. The summed E-state index contributed by atoms with van der Waals surface area (Å²) < 4.78 is 12.4. The Kier molecular flexibility index (Phi) is 7.63. The number of rotatable bonds is 8. The fourth-order valence-electron chi connectivity index (χ4n) is 4.46. The van der Waals surface area contributed by atoms with E-state index in [2.05, 4.69) is 10.3 Å². The first kappa shape index (κ1) is 26.7. The van der Waals surface area contributed by atoms with Crippen LogP contribution in [0, 0.1) is 0 Å². The summed E-state index contributed by atoms with van der Waals surface area (Å²) in [6.45, 7) is -0.438. The molecule has 5 rings (SSSR count). The second-order valence-corrected chi connectivity index (χ2v) is 9.19. The molecule has 0 bridgehead atoms. The van der Waals surface area contributed by atoms with Gasteiger partial charge in [0.05, 0.1) is 5.56 Å². The Balaban J connectivity index is 1.37. The lowest BCUT2D eigenvalue weighted by molar-refractivity contribution is -0.0739. The van der Waals surface area contributed by atoms with Crippen molar-refractivity contribution in [2.75, 3.05) is 11.9 Å². The van der Waals surface area contributed by atoms with Crippen molar-refractivity contribution in [3.05, 3.63) is 130 Å². The summed E-state index contributed by atoms with van der Waals surface area (Å²) in [6, 6.07) is 26.3. The van der Waals surface area contributed by atoms with Gasteiger partial charge in [0.1, 0.15) is 24.8 Å². The predicted octanol–water partition coefficient (Wildman–Crippen LogP) is 3.25. The van der Waals surface area contributed by atoms with E-state index in [0.29, 0.717) is 11.1 Å². The summed E-state index contributed by atoms with van der Waals surface area (Å²) >= 11 is 0. The number of carbonyl (C=O) groups is 3. The number of nitrogens with one attached hydrogen (secondary N) is 1. The number of ether oxygens (including phenoxy) is 2. The highest BCUT2D eigenvalue weighted by Crippen LogP contribution is 2.39. The summed E-state index contributed by atoms with van der Waals surface area (Å²) in [4.78, 5) is 55.3. The van der Waals surface area contributed by atoms with Crippen LogP contribution in [0.5, 0.6) is 0 Å². The molecule has 202 valence electrons. The maximum atomic E-state index is 13.4. The molecule has 10 nitrogen and oxygen atoms in total. The molecule has 2 heterocycles. The van der Waals surface area contributed by atoms with Crippen molar-refractivity contribution in [1.82, 2.24) is 9.55 Å². The highest BCUT2D eigenvalue weighted by Gasteiger charge is 2.54. The van der Waals surface area contributed by atoms with Gasteiger partial charge in [-0.05, 0) is 30.3 Å². The molecule has 40 heavy (non-hydrogen) atoms. The van der Waals surface area contributed by atoms with Crippen LogP contribution in [0.2, 0.25) is 0 Å². The summed E-state index contributed by atoms with van der Waals surface area (Å²) in [5.41, 5.74) is -1.96. The van der Waals surface area contributed by atoms with E-state index in [4.69, 9.17) is 9.47 Å². The third-order valence-corrected chi connectivity index (χ3v) is 6.56. The Bertz CT molecular complexity index is 1580. The molecule has 0 radical (unpaired) electrons. The quantitative estimate of drug-likeness (QED) is 0.257. The monoisotopic (exact) mass is 539 g/mol. The minimum atomic E-state index is -2.11. The SMILES string of the molecule is O=C(Nc1ccn([C@H]2C[C@@](O)(C(=O)c3ccccc3)[C@@H](COC(=O)c3ccccc3)O2)c(=O)n1)c1ccccc1. The Morgan fingerprint density at radius 1 is 0.900 bits per heavy atom. The minimum Gasteiger partial charge on any atom is -0.459 e. The first-order valence-corrected chi connectivity index (χ1v) is 12.5. The number of hydrogen-bond acceptors (Lipinski definition) is 8. The van der Waals surface area contributed by atoms with Gasteiger partial charge in [0, 0.05) is 23.7 Å². The van der Waals surface area contributed by atoms with E-state index in [1.165, 1.54) is 12.3 Å². The van der Waals surface area contributed by atoms with Gasteiger partial charge < -0.3 is 19.9 Å². The average molecular weight is 540 g/mol. The van der Waals surface area contributed by atoms with E-state index in [1.807, 2.05) is 0 Å². The van der Waals surface area contributed by atoms with Gasteiger partial charge >= 0.3 is 11.7 Å². The van der Waals surface area contributed by atoms with Gasteiger partial charge in [-0.15, -0.1) is 0 Å². The van der Waals surface area contributed by atoms with Gasteiger partial charge in [0.15, 0.2) is 11.4 Å². The van der Waals surface area contributed by atoms with Gasteiger partial charge in [0.2, 0.25) is 0 Å². The maximum Gasteiger partial charge on any atom is 0.351 e. The van der Waals surface area contributed by atoms with Crippen molar-refractivity contribution in [2.24, 2.45) is 0 Å². The van der Waals surface area contributed by atoms with Crippen LogP contribution in [0.4, 0.5) is 5.82 Å². The topological polar surface area (TPSA) is 137 Å². The van der Waals surface area contributed by atoms with Crippen LogP contribution in [0.25, 0.3) is 0 Å². The van der Waals surface area contributed by atoms with Crippen LogP contribution in [0.15, 0.2) is 108 Å². The first-order chi connectivity index (χ1) is 19.3. The number of amides is 1. The molecule has 1 saturated heterocycles. The number of benzene rings is 3. The molecule has 3 atom stereocenters. The average Bonchev–Trinajstić information content (AvgIpc) is 3.33. The number of ketones is 1. The highest BCUT2D eigenvalue weighted by atomic mass is 16.6. The van der Waals surface area contributed by atoms with Gasteiger partial charge in [-0.3, -0.25) is 14.2 Å². The number of aromatic nitrogens is 2. The van der Waals surface area contributed by atoms with Crippen LogP contribution in [0.1, 0.15) is 43.7 Å². The fraction of sp³-hybridized carbons (Fsp3) is 0.167. The van der Waals surface area contributed by atoms with Crippen LogP contribution in [0.3, 0.4) is 0 Å². The first-order valence-electron chi connectivity index (χ1n) is 12.5. The van der Waals surface area contributed by atoms with Crippen LogP contribution < -0.4 is 11.0 Å². The Hall–Kier alpha value is -4.93. The lowest BCUT2D eigenvalue weighted by Gasteiger charge is -2.26. The molecule has 1 amide bonds. The van der Waals surface area contributed by atoms with Crippen LogP contribution in [-0.4, -0.2) is 50.6 Å². The molecule has 1 fully saturated rings. The van der Waals surface area contributed by atoms with E-state index >= 15 is 0 Å². The fourth-order valence-corrected chi connectivity index (χ4v) is 4.46. The second-order valence-electron chi connectivity index (χ2n) is 9.19. The van der Waals surface area contributed by atoms with Crippen molar-refractivity contribution in [3.8, 4) is 0 Å². The summed E-state index contributed by atoms with van der Waals surface area (Å²) in [5, 5.41) is 14.2. The standard InChI is InChI=1S/C30H25N3O7/c34-26(20-10-4-1-5-11-20)30(38)18-25(40-23(30)19-39-28(36)22-14-8-3-9-15-22)33-17-16-24(32-29(33)37)31-27(35)21-12-6-2-7-13-21/h1-17,23,25,38H,18-19H2,(H,31,32,35,37)/t23-,25-,30+/m1/s1. The zero-order valence-corrected chi connectivity index (χ0v) is 21.2. The summed E-state index contributed by atoms with van der Waals surface area (Å²) in [7, 11) is 0. The molecule has 1 aliphatic rings. The lowest BCUT2D eigenvalue weighted by atomic mass is 9.86. The molecule has 0 saturated carbocycles. The summed E-state index contributed by atoms with van der Waals surface area (Å²) in [5.74, 6) is -1.70. The summed E-state index contributed by atoms with van der Waals surface area (Å²) in [6.07, 6.45) is -1.32. The van der Waals surface area contributed by atoms with Crippen molar-refractivity contribution in [2.45, 2.75) is 24.4 Å². The van der Waals surface area contributed by atoms with Crippen LogP contribution in [-0.2, 0) is 9.47 Å². The molecule has 0 unspecified atom stereocenters. The lowest BCUT2D eigenvalue weighted by Crippen LogP contribution is -2.48. The minimum absolute atomic E-state index is 0.0251. The number of hydrogen-bond donors (Lipinski definition) is 2. The number of nitrogens with zero attached hydrogens (tertiary/aromatic N) is 2. The molecule has 0 spiro atoms. The normalized spacial score (nSPS) is 20.0. The zero-order chi connectivity index (χ0) is 28.1. The zero-order valence-electron chi connectivity index (χ0n) is 21.2. The van der Waals surface area contributed by atoms with Gasteiger partial charge in [-0.1, -0.05) is 66.7 Å². The number of esters is 1. The van der Waals surface area contributed by atoms with E-state index in [0.717, 1.165) is 4.57 Å². The largest absolute Gasteiger partial charge is 0.459 e. The van der Waals surface area contributed by atoms with E-state index in [9.17, 15) is 24.3 Å². The van der Waals surface area contributed by atoms with Crippen LogP contribution >= 0.6 is 0 Å². The molecule has 4 aromatic rings. The number of Topliss-reactive ketones (excluding diaryl/α,β-unsaturated/α-hetero) is 1. The van der Waals surface area contributed by atoms with E-state index in [-0.39, 0.29) is 17.8 Å². The molecule has 1 aliphatic heterocycles. The Labute approximate surface area is 228 Å². The van der Waals surface area contributed by atoms with Gasteiger partial charge in [0.25, 0.3) is 5.91 Å². The number of anilines is 1. The molecule has 2 N–H and O–H groups in total. The molecule has 3 aromatic carbocycles. The third-order valence-electron chi connectivity index (χ3n) is 6.56. The molecular weight excluding hydrogens is 514 g/mol. The van der Waals surface area contributed by atoms with Crippen molar-refractivity contribution >= 4 is 23.5 Å². The molecular formula is C30H25N3O7. The van der Waals surface area contributed by atoms with Gasteiger partial charge in [-0.2, -0.15) is 4.98 Å². The smallest absolute Gasteiger partial charge is 0.351 e. The maximum absolute atomic E-state index is 13.4. The predicted molar refractivity (Wildman–Crippen MR) is 144 cm³/mol. The van der Waals surface area contributed by atoms with E-state index < -0.39 is 47.9 Å². The van der Waals surface area contributed by atoms with Crippen molar-refractivity contribution in [1.29, 1.82) is 0 Å². The van der Waals surface area contributed by atoms with Crippen molar-refractivity contribution in [3.63, 3.8) is 0 Å². The second kappa shape index (κ2) is 11.4. The van der Waals surface area contributed by atoms with Crippen molar-refractivity contribution < 1.29 is 29.0 Å². The van der Waals surface area contributed by atoms with E-state index in [1.54, 1.807) is 91.0 Å². The third kappa shape index (κ3) is 5.58.